The van der Waals surface area contributed by atoms with Crippen LogP contribution >= 0.6 is 0 Å². The van der Waals surface area contributed by atoms with Crippen LogP contribution in [0.3, 0.4) is 0 Å². The standard InChI is InChI=1S/C25H24F6O2/c1-2-6-18-7-9-19(10-8-18)17-32-21-13-11-20(12-14-21)23(15-4-3-5-16-23)33-25(30,31)22(26)24(27,28)29/h3-5,7-15,22H,2,6,16-17H2,1H3. The monoisotopic (exact) mass is 470 g/mol. The van der Waals surface area contributed by atoms with Gasteiger partial charge in [-0.1, -0.05) is 68.0 Å². The fourth-order valence-corrected chi connectivity index (χ4v) is 3.53. The first-order valence-corrected chi connectivity index (χ1v) is 10.5. The van der Waals surface area contributed by atoms with Gasteiger partial charge < -0.3 is 9.47 Å². The summed E-state index contributed by atoms with van der Waals surface area (Å²) < 4.78 is 89.6. The summed E-state index contributed by atoms with van der Waals surface area (Å²) in [5.41, 5.74) is 0.359. The maximum absolute atomic E-state index is 14.1. The van der Waals surface area contributed by atoms with Crippen LogP contribution in [-0.4, -0.2) is 18.5 Å². The van der Waals surface area contributed by atoms with E-state index in [1.54, 1.807) is 6.08 Å². The van der Waals surface area contributed by atoms with Crippen LogP contribution < -0.4 is 4.74 Å². The topological polar surface area (TPSA) is 18.5 Å². The summed E-state index contributed by atoms with van der Waals surface area (Å²) in [5, 5.41) is 0. The zero-order valence-corrected chi connectivity index (χ0v) is 17.9. The van der Waals surface area contributed by atoms with Crippen LogP contribution in [0.15, 0.2) is 72.8 Å². The van der Waals surface area contributed by atoms with Gasteiger partial charge >= 0.3 is 12.3 Å². The second-order valence-electron chi connectivity index (χ2n) is 7.83. The molecule has 2 nitrogen and oxygen atoms in total. The summed E-state index contributed by atoms with van der Waals surface area (Å²) in [6.45, 7) is 2.38. The second-order valence-corrected chi connectivity index (χ2v) is 7.83. The smallest absolute Gasteiger partial charge is 0.428 e. The minimum absolute atomic E-state index is 0.147. The van der Waals surface area contributed by atoms with Crippen LogP contribution in [0.2, 0.25) is 0 Å². The van der Waals surface area contributed by atoms with Crippen molar-refractivity contribution in [3.8, 4) is 5.75 Å². The van der Waals surface area contributed by atoms with Gasteiger partial charge in [0.15, 0.2) is 0 Å². The van der Waals surface area contributed by atoms with Crippen molar-refractivity contribution >= 4 is 0 Å². The molecule has 2 aromatic rings. The first-order valence-electron chi connectivity index (χ1n) is 10.5. The highest BCUT2D eigenvalue weighted by molar-refractivity contribution is 5.37. The van der Waals surface area contributed by atoms with Crippen molar-refractivity contribution in [2.45, 2.75) is 56.9 Å². The van der Waals surface area contributed by atoms with Crippen LogP contribution in [0.1, 0.15) is 36.5 Å². The van der Waals surface area contributed by atoms with E-state index in [9.17, 15) is 26.3 Å². The first-order chi connectivity index (χ1) is 15.6. The minimum Gasteiger partial charge on any atom is -0.489 e. The largest absolute Gasteiger partial charge is 0.489 e. The van der Waals surface area contributed by atoms with Crippen LogP contribution in [0.25, 0.3) is 0 Å². The Morgan fingerprint density at radius 1 is 0.909 bits per heavy atom. The van der Waals surface area contributed by atoms with Crippen molar-refractivity contribution in [2.75, 3.05) is 0 Å². The van der Waals surface area contributed by atoms with E-state index in [0.29, 0.717) is 5.75 Å². The molecule has 0 saturated heterocycles. The van der Waals surface area contributed by atoms with Crippen LogP contribution in [0, 0.1) is 0 Å². The van der Waals surface area contributed by atoms with Gasteiger partial charge in [-0.2, -0.15) is 22.0 Å². The maximum Gasteiger partial charge on any atom is 0.428 e. The van der Waals surface area contributed by atoms with Crippen LogP contribution in [-0.2, 0) is 23.4 Å². The van der Waals surface area contributed by atoms with Crippen molar-refractivity contribution in [1.82, 2.24) is 0 Å². The van der Waals surface area contributed by atoms with E-state index >= 15 is 0 Å². The van der Waals surface area contributed by atoms with Gasteiger partial charge in [0.2, 0.25) is 0 Å². The average molecular weight is 470 g/mol. The highest BCUT2D eigenvalue weighted by atomic mass is 19.4. The zero-order valence-electron chi connectivity index (χ0n) is 17.9. The number of alkyl halides is 6. The Bertz CT molecular complexity index is 964. The summed E-state index contributed by atoms with van der Waals surface area (Å²) in [6, 6.07) is 13.8. The van der Waals surface area contributed by atoms with E-state index in [1.807, 2.05) is 24.3 Å². The number of hydrogen-bond donors (Lipinski definition) is 0. The van der Waals surface area contributed by atoms with E-state index in [0.717, 1.165) is 18.4 Å². The quantitative estimate of drug-likeness (QED) is 0.355. The molecule has 178 valence electrons. The summed E-state index contributed by atoms with van der Waals surface area (Å²) in [6.07, 6.45) is -7.87. The molecule has 0 aliphatic heterocycles. The average Bonchev–Trinajstić information content (AvgIpc) is 2.78. The van der Waals surface area contributed by atoms with Gasteiger partial charge in [-0.3, -0.25) is 0 Å². The third kappa shape index (κ3) is 6.19. The van der Waals surface area contributed by atoms with E-state index < -0.39 is 24.1 Å². The van der Waals surface area contributed by atoms with Gasteiger partial charge in [-0.15, -0.1) is 0 Å². The summed E-state index contributed by atoms with van der Waals surface area (Å²) in [5.74, 6) is 0.437. The minimum atomic E-state index is -5.76. The van der Waals surface area contributed by atoms with Gasteiger partial charge in [0.05, 0.1) is 0 Å². The van der Waals surface area contributed by atoms with E-state index in [1.165, 1.54) is 48.1 Å². The number of ether oxygens (including phenoxy) is 2. The number of hydrogen-bond acceptors (Lipinski definition) is 2. The summed E-state index contributed by atoms with van der Waals surface area (Å²) >= 11 is 0. The number of rotatable bonds is 9. The lowest BCUT2D eigenvalue weighted by Gasteiger charge is -2.36. The molecular weight excluding hydrogens is 446 g/mol. The number of halogens is 6. The molecule has 0 N–H and O–H groups in total. The van der Waals surface area contributed by atoms with E-state index in [4.69, 9.17) is 4.74 Å². The highest BCUT2D eigenvalue weighted by Crippen LogP contribution is 2.44. The predicted octanol–water partition coefficient (Wildman–Crippen LogP) is 7.44. The molecule has 0 saturated carbocycles. The molecule has 0 bridgehead atoms. The Hall–Kier alpha value is -2.74. The molecule has 0 radical (unpaired) electrons. The normalized spacial score (nSPS) is 19.5. The van der Waals surface area contributed by atoms with Gasteiger partial charge in [-0.25, -0.2) is 4.39 Å². The SMILES string of the molecule is CCCc1ccc(COc2ccc(C3(OC(F)(F)C(F)C(F)(F)F)C=CC=CC3)cc2)cc1. The molecule has 33 heavy (non-hydrogen) atoms. The molecule has 2 aromatic carbocycles. The molecule has 0 heterocycles. The Balaban J connectivity index is 1.74. The zero-order chi connectivity index (χ0) is 24.1. The predicted molar refractivity (Wildman–Crippen MR) is 113 cm³/mol. The van der Waals surface area contributed by atoms with E-state index in [-0.39, 0.29) is 18.6 Å². The Morgan fingerprint density at radius 3 is 2.09 bits per heavy atom. The van der Waals surface area contributed by atoms with Gasteiger partial charge in [0.1, 0.15) is 18.0 Å². The summed E-state index contributed by atoms with van der Waals surface area (Å²) in [7, 11) is 0. The molecule has 1 aliphatic rings. The Labute approximate surface area is 188 Å². The maximum atomic E-state index is 14.1. The molecule has 0 amide bonds. The van der Waals surface area contributed by atoms with Crippen molar-refractivity contribution in [1.29, 1.82) is 0 Å². The lowest BCUT2D eigenvalue weighted by molar-refractivity contribution is -0.362. The fourth-order valence-electron chi connectivity index (χ4n) is 3.53. The number of aryl methyl sites for hydroxylation is 1. The van der Waals surface area contributed by atoms with Crippen molar-refractivity contribution in [3.63, 3.8) is 0 Å². The second kappa shape index (κ2) is 10.0. The van der Waals surface area contributed by atoms with Crippen LogP contribution in [0.5, 0.6) is 5.75 Å². The molecule has 0 aromatic heterocycles. The first kappa shape index (κ1) is 24.9. The molecular formula is C25H24F6O2. The lowest BCUT2D eigenvalue weighted by atomic mass is 9.87. The van der Waals surface area contributed by atoms with Crippen molar-refractivity contribution in [2.24, 2.45) is 0 Å². The van der Waals surface area contributed by atoms with Crippen molar-refractivity contribution in [3.05, 3.63) is 89.5 Å². The van der Waals surface area contributed by atoms with Crippen LogP contribution in [0.4, 0.5) is 26.3 Å². The molecule has 0 spiro atoms. The number of allylic oxidation sites excluding steroid dienone is 2. The van der Waals surface area contributed by atoms with Gasteiger partial charge in [0.25, 0.3) is 6.17 Å². The van der Waals surface area contributed by atoms with Gasteiger partial charge in [-0.05, 0) is 41.3 Å². The number of benzene rings is 2. The highest BCUT2D eigenvalue weighted by Gasteiger charge is 2.60. The molecule has 3 rings (SSSR count). The molecule has 1 aliphatic carbocycles. The fraction of sp³-hybridized carbons (Fsp3) is 0.360. The molecule has 8 heteroatoms. The third-order valence-corrected chi connectivity index (χ3v) is 5.24. The van der Waals surface area contributed by atoms with Gasteiger partial charge in [0, 0.05) is 6.42 Å². The van der Waals surface area contributed by atoms with Crippen molar-refractivity contribution < 1.29 is 35.8 Å². The molecule has 0 fully saturated rings. The Morgan fingerprint density at radius 2 is 1.55 bits per heavy atom. The summed E-state index contributed by atoms with van der Waals surface area (Å²) in [4.78, 5) is 0. The Kier molecular flexibility index (Phi) is 7.57. The van der Waals surface area contributed by atoms with E-state index in [2.05, 4.69) is 11.7 Å². The molecule has 2 unspecified atom stereocenters. The molecule has 2 atom stereocenters. The third-order valence-electron chi connectivity index (χ3n) is 5.24. The lowest BCUT2D eigenvalue weighted by Crippen LogP contribution is -2.48.